The molecule has 0 saturated carbocycles. The Kier molecular flexibility index (Phi) is 16.5. The van der Waals surface area contributed by atoms with Crippen LogP contribution in [0.25, 0.3) is 11.3 Å². The van der Waals surface area contributed by atoms with Crippen LogP contribution in [0, 0.1) is 23.7 Å². The maximum absolute atomic E-state index is 14.6. The normalized spacial score (nSPS) is 35.2. The number of nitrogens with one attached hydrogen (secondary N) is 1. The van der Waals surface area contributed by atoms with E-state index in [0.717, 1.165) is 11.3 Å². The van der Waals surface area contributed by atoms with Crippen LogP contribution in [-0.2, 0) is 54.2 Å². The highest BCUT2D eigenvalue weighted by atomic mass is 16.7. The number of imidazole rings is 1. The van der Waals surface area contributed by atoms with Gasteiger partial charge in [0.1, 0.15) is 25.2 Å². The first-order valence-electron chi connectivity index (χ1n) is 22.0. The fraction of sp³-hybridized carbons (Fsp3) is 0.711. The van der Waals surface area contributed by atoms with E-state index in [4.69, 9.17) is 33.3 Å². The Hall–Kier alpha value is -4.49. The highest BCUT2D eigenvalue weighted by Gasteiger charge is 2.60. The molecule has 3 aliphatic heterocycles. The smallest absolute Gasteiger partial charge is 0.425 e. The number of amides is 1. The van der Waals surface area contributed by atoms with Gasteiger partial charge in [-0.05, 0) is 79.6 Å². The second-order valence-electron chi connectivity index (χ2n) is 17.9. The quantitative estimate of drug-likeness (QED) is 0.0923. The number of nitrogens with zero attached hydrogens (tertiary/aromatic N) is 6. The van der Waals surface area contributed by atoms with Gasteiger partial charge in [-0.2, -0.15) is 0 Å². The number of esters is 2. The molecule has 0 spiro atoms. The van der Waals surface area contributed by atoms with Crippen LogP contribution >= 0.6 is 0 Å². The zero-order chi connectivity index (χ0) is 46.4. The number of rotatable bonds is 13. The van der Waals surface area contributed by atoms with Crippen molar-refractivity contribution in [2.75, 3.05) is 34.9 Å². The summed E-state index contributed by atoms with van der Waals surface area (Å²) in [7, 11) is 6.78. The number of likely N-dealkylation sites (N-methyl/N-ethyl adjacent to an activating group) is 1. The number of hydrogen-bond acceptors (Lipinski definition) is 16. The van der Waals surface area contributed by atoms with Gasteiger partial charge in [0, 0.05) is 69.0 Å². The molecule has 3 saturated heterocycles. The molecule has 0 radical (unpaired) electrons. The minimum absolute atomic E-state index is 0.240. The van der Waals surface area contributed by atoms with Crippen LogP contribution in [0.4, 0.5) is 4.79 Å². The van der Waals surface area contributed by atoms with Gasteiger partial charge in [0.25, 0.3) is 0 Å². The van der Waals surface area contributed by atoms with Crippen molar-refractivity contribution in [3.05, 3.63) is 37.1 Å². The van der Waals surface area contributed by atoms with Crippen LogP contribution < -0.4 is 5.43 Å². The lowest BCUT2D eigenvalue weighted by atomic mass is 9.73. The summed E-state index contributed by atoms with van der Waals surface area (Å²) in [5.41, 5.74) is 2.96. The van der Waals surface area contributed by atoms with Crippen LogP contribution in [0.3, 0.4) is 0 Å². The average Bonchev–Trinajstić information content (AvgIpc) is 3.82. The van der Waals surface area contributed by atoms with Crippen LogP contribution in [0.15, 0.2) is 42.2 Å². The van der Waals surface area contributed by atoms with Crippen LogP contribution in [-0.4, -0.2) is 143 Å². The summed E-state index contributed by atoms with van der Waals surface area (Å²) in [6.07, 6.45) is 4.01. The van der Waals surface area contributed by atoms with Gasteiger partial charge >= 0.3 is 18.0 Å². The lowest BCUT2D eigenvalue weighted by Gasteiger charge is -2.48. The zero-order valence-electron chi connectivity index (χ0n) is 39.2. The first kappa shape index (κ1) is 49.5. The number of hydrazine groups is 1. The summed E-state index contributed by atoms with van der Waals surface area (Å²) in [5.74, 6) is -4.91. The predicted octanol–water partition coefficient (Wildman–Crippen LogP) is 5.05. The molecule has 2 aromatic rings. The van der Waals surface area contributed by atoms with Gasteiger partial charge in [-0.3, -0.25) is 19.4 Å². The van der Waals surface area contributed by atoms with E-state index in [1.54, 1.807) is 32.6 Å². The molecule has 63 heavy (non-hydrogen) atoms. The van der Waals surface area contributed by atoms with E-state index >= 15 is 0 Å². The third kappa shape index (κ3) is 10.9. The number of carbonyl (C=O) groups is 4. The fourth-order valence-corrected chi connectivity index (χ4v) is 9.73. The van der Waals surface area contributed by atoms with E-state index in [0.29, 0.717) is 31.6 Å². The van der Waals surface area contributed by atoms with Crippen molar-refractivity contribution in [3.8, 4) is 11.3 Å². The number of cyclic esters (lactones) is 1. The fourth-order valence-electron chi connectivity index (χ4n) is 9.73. The van der Waals surface area contributed by atoms with Crippen LogP contribution in [0.2, 0.25) is 0 Å². The van der Waals surface area contributed by atoms with E-state index in [1.807, 2.05) is 76.5 Å². The highest BCUT2D eigenvalue weighted by Crippen LogP contribution is 2.43. The number of ketones is 1. The number of pyridine rings is 1. The maximum atomic E-state index is 14.6. The van der Waals surface area contributed by atoms with Crippen molar-refractivity contribution in [1.82, 2.24) is 29.9 Å². The first-order chi connectivity index (χ1) is 29.8. The Morgan fingerprint density at radius 3 is 2.44 bits per heavy atom. The molecule has 0 bridgehead atoms. The Labute approximate surface area is 371 Å². The Bertz CT molecular complexity index is 1910. The number of Topliss-reactive ketones (excluding diaryl/α,β-unsaturated/α-hetero) is 1. The van der Waals surface area contributed by atoms with Crippen molar-refractivity contribution in [2.45, 2.75) is 149 Å². The SMILES string of the molecule is CC[C@H]1OC(=O)[C@H](C)C(=O)[C@H](C)[C@@H](O[C@@H]2O[C@H](C)C[C@H](N(C)C)[C@H]2OC(C)=O)[C@](C)(OC)C[C@@H](C)/C(=N\OC)[C@H](C)[C@H]2N(NCCCn3cnc(-c4cccnc4)c3)C(=O)O[C@]12C. The number of methoxy groups -OCH3 is 1. The first-order valence-corrected chi connectivity index (χ1v) is 22.0. The summed E-state index contributed by atoms with van der Waals surface area (Å²) < 4.78 is 39.9. The molecule has 1 N–H and O–H groups in total. The molecule has 5 rings (SSSR count). The minimum Gasteiger partial charge on any atom is -0.458 e. The predicted molar refractivity (Wildman–Crippen MR) is 232 cm³/mol. The standard InChI is InChI=1S/C45H69N7O11/c1-14-35-45(9)39(52(43(56)63-45)48-19-16-20-51-24-33(47-25-51)32-17-15-18-46-23-32)28(4)36(49-58-13)26(2)22-44(8,57-12)40(29(5)37(54)30(6)41(55)61-35)62-42-38(60-31(7)53)34(50(10)11)21-27(3)59-42/h15,17-18,23-30,34-35,38-40,42,48H,14,16,19-22H2,1-13H3/b49-36+/t26-,27-,28+,29+,30-,34+,35-,38-,39-,40-,42+,44-,45-/m1/s1. The summed E-state index contributed by atoms with van der Waals surface area (Å²) in [4.78, 5) is 71.5. The van der Waals surface area contributed by atoms with Crippen LogP contribution in [0.5, 0.6) is 0 Å². The van der Waals surface area contributed by atoms with Gasteiger partial charge in [0.05, 0.1) is 41.6 Å². The molecule has 5 heterocycles. The average molecular weight is 884 g/mol. The van der Waals surface area contributed by atoms with Crippen molar-refractivity contribution in [2.24, 2.45) is 28.8 Å². The number of carbonyl (C=O) groups excluding carboxylic acids is 4. The molecule has 0 aliphatic carbocycles. The number of aromatic nitrogens is 3. The lowest BCUT2D eigenvalue weighted by molar-refractivity contribution is -0.297. The Morgan fingerprint density at radius 1 is 1.10 bits per heavy atom. The molecule has 2 aromatic heterocycles. The van der Waals surface area contributed by atoms with Gasteiger partial charge < -0.3 is 42.7 Å². The molecule has 350 valence electrons. The molecule has 1 amide bonds. The second kappa shape index (κ2) is 21.0. The molecular weight excluding hydrogens is 815 g/mol. The largest absolute Gasteiger partial charge is 0.458 e. The number of fused-ring (bicyclic) bond motifs is 1. The summed E-state index contributed by atoms with van der Waals surface area (Å²) in [5, 5.41) is 6.06. The number of oxime groups is 1. The monoisotopic (exact) mass is 884 g/mol. The molecule has 0 unspecified atom stereocenters. The molecular formula is C45H69N7O11. The summed E-state index contributed by atoms with van der Waals surface area (Å²) >= 11 is 0. The van der Waals surface area contributed by atoms with Crippen molar-refractivity contribution >= 4 is 29.5 Å². The Balaban J connectivity index is 1.50. The number of ether oxygens (including phenoxy) is 6. The molecule has 3 aliphatic rings. The van der Waals surface area contributed by atoms with Gasteiger partial charge in [-0.15, -0.1) is 0 Å². The van der Waals surface area contributed by atoms with Crippen molar-refractivity contribution in [1.29, 1.82) is 0 Å². The van der Waals surface area contributed by atoms with Gasteiger partial charge in [0.2, 0.25) is 0 Å². The topological polar surface area (TPSA) is 194 Å². The third-order valence-electron chi connectivity index (χ3n) is 13.0. The van der Waals surface area contributed by atoms with Crippen LogP contribution in [0.1, 0.15) is 88.0 Å². The number of hydrogen-bond donors (Lipinski definition) is 1. The summed E-state index contributed by atoms with van der Waals surface area (Å²) in [6, 6.07) is 2.77. The second-order valence-corrected chi connectivity index (χ2v) is 17.9. The molecule has 13 atom stereocenters. The molecule has 18 heteroatoms. The molecule has 18 nitrogen and oxygen atoms in total. The van der Waals surface area contributed by atoms with E-state index in [2.05, 4.69) is 20.5 Å². The minimum atomic E-state index is -1.40. The summed E-state index contributed by atoms with van der Waals surface area (Å²) in [6.45, 7) is 16.8. The van der Waals surface area contributed by atoms with Gasteiger partial charge in [-0.25, -0.2) is 20.2 Å². The lowest BCUT2D eigenvalue weighted by Crippen LogP contribution is -2.61. The van der Waals surface area contributed by atoms with E-state index in [9.17, 15) is 19.2 Å². The highest BCUT2D eigenvalue weighted by molar-refractivity contribution is 6.00. The third-order valence-corrected chi connectivity index (χ3v) is 13.0. The zero-order valence-corrected chi connectivity index (χ0v) is 39.2. The Morgan fingerprint density at radius 2 is 1.83 bits per heavy atom. The van der Waals surface area contributed by atoms with Crippen molar-refractivity contribution < 1.29 is 52.4 Å². The van der Waals surface area contributed by atoms with Gasteiger partial charge in [-0.1, -0.05) is 32.9 Å². The van der Waals surface area contributed by atoms with E-state index in [1.165, 1.54) is 33.1 Å². The van der Waals surface area contributed by atoms with E-state index < -0.39 is 89.3 Å². The molecule has 3 fully saturated rings. The number of aryl methyl sites for hydroxylation is 1. The van der Waals surface area contributed by atoms with E-state index in [-0.39, 0.29) is 25.0 Å². The van der Waals surface area contributed by atoms with Gasteiger partial charge in [0.15, 0.2) is 23.8 Å². The molecule has 0 aromatic carbocycles. The van der Waals surface area contributed by atoms with Crippen molar-refractivity contribution in [3.63, 3.8) is 0 Å². The maximum Gasteiger partial charge on any atom is 0.425 e.